The molecule has 0 saturated carbocycles. The maximum Gasteiger partial charge on any atom is 0.412 e. The van der Waals surface area contributed by atoms with E-state index in [-0.39, 0.29) is 12.1 Å². The van der Waals surface area contributed by atoms with Crippen molar-refractivity contribution in [1.82, 2.24) is 4.90 Å². The molecule has 1 aliphatic heterocycles. The molecule has 0 spiro atoms. The maximum atomic E-state index is 12.5. The Balaban J connectivity index is 2.04. The summed E-state index contributed by atoms with van der Waals surface area (Å²) in [7, 11) is 0. The highest BCUT2D eigenvalue weighted by atomic mass is 32.1. The molecule has 0 unspecified atom stereocenters. The summed E-state index contributed by atoms with van der Waals surface area (Å²) in [5, 5.41) is 4.23. The van der Waals surface area contributed by atoms with E-state index in [1.165, 1.54) is 5.56 Å². The third-order valence-corrected chi connectivity index (χ3v) is 4.24. The molecule has 2 heterocycles. The van der Waals surface area contributed by atoms with Gasteiger partial charge in [-0.05, 0) is 69.9 Å². The summed E-state index contributed by atoms with van der Waals surface area (Å²) in [6.45, 7) is 10.1. The molecule has 118 valence electrons. The maximum absolute atomic E-state index is 12.5. The van der Waals surface area contributed by atoms with Crippen molar-refractivity contribution in [2.75, 3.05) is 6.61 Å². The quantitative estimate of drug-likeness (QED) is 0.845. The highest BCUT2D eigenvalue weighted by Gasteiger charge is 2.45. The summed E-state index contributed by atoms with van der Waals surface area (Å²) in [5.41, 5.74) is 0.212. The number of aryl methyl sites for hydroxylation is 1. The predicted octanol–water partition coefficient (Wildman–Crippen LogP) is 4.05. The Morgan fingerprint density at radius 3 is 2.81 bits per heavy atom. The molecular formula is C16H25NO3S. The molecule has 5 heteroatoms. The van der Waals surface area contributed by atoms with Crippen molar-refractivity contribution in [3.8, 4) is 0 Å². The van der Waals surface area contributed by atoms with Crippen LogP contribution in [0.1, 0.15) is 46.6 Å². The summed E-state index contributed by atoms with van der Waals surface area (Å²) in [6.07, 6.45) is 1.55. The molecular weight excluding hydrogens is 286 g/mol. The molecule has 0 radical (unpaired) electrons. The van der Waals surface area contributed by atoms with Crippen molar-refractivity contribution < 1.29 is 14.3 Å². The first-order chi connectivity index (χ1) is 9.69. The number of nitrogens with zero attached hydrogens (tertiary/aromatic N) is 1. The van der Waals surface area contributed by atoms with Gasteiger partial charge in [0.15, 0.2) is 0 Å². The van der Waals surface area contributed by atoms with Crippen LogP contribution in [0, 0.1) is 0 Å². The largest absolute Gasteiger partial charge is 0.444 e. The van der Waals surface area contributed by atoms with Crippen LogP contribution in [-0.2, 0) is 15.9 Å². The smallest absolute Gasteiger partial charge is 0.412 e. The van der Waals surface area contributed by atoms with Crippen LogP contribution >= 0.6 is 11.3 Å². The molecule has 0 N–H and O–H groups in total. The van der Waals surface area contributed by atoms with Gasteiger partial charge in [0.05, 0.1) is 12.6 Å². The fraction of sp³-hybridized carbons (Fsp3) is 0.688. The third-order valence-electron chi connectivity index (χ3n) is 3.51. The van der Waals surface area contributed by atoms with Gasteiger partial charge in [0.1, 0.15) is 11.3 Å². The second-order valence-electron chi connectivity index (χ2n) is 6.93. The second kappa shape index (κ2) is 5.97. The lowest BCUT2D eigenvalue weighted by Gasteiger charge is -2.35. The lowest BCUT2D eigenvalue weighted by atomic mass is 10.1. The van der Waals surface area contributed by atoms with Crippen LogP contribution < -0.4 is 0 Å². The first-order valence-electron chi connectivity index (χ1n) is 7.36. The number of thiophene rings is 1. The summed E-state index contributed by atoms with van der Waals surface area (Å²) >= 11 is 1.70. The van der Waals surface area contributed by atoms with Gasteiger partial charge in [-0.2, -0.15) is 11.3 Å². The fourth-order valence-corrected chi connectivity index (χ4v) is 3.25. The van der Waals surface area contributed by atoms with Gasteiger partial charge in [-0.3, -0.25) is 4.90 Å². The van der Waals surface area contributed by atoms with Crippen molar-refractivity contribution in [1.29, 1.82) is 0 Å². The molecule has 0 aromatic carbocycles. The van der Waals surface area contributed by atoms with E-state index in [0.717, 1.165) is 12.8 Å². The molecule has 1 atom stereocenters. The van der Waals surface area contributed by atoms with Crippen LogP contribution in [0.25, 0.3) is 0 Å². The third kappa shape index (κ3) is 4.20. The molecule has 2 rings (SSSR count). The SMILES string of the molecule is CC(C)(C)OC(=O)N1[C@H](CCc2ccsc2)COC1(C)C. The van der Waals surface area contributed by atoms with E-state index in [1.54, 1.807) is 16.2 Å². The zero-order valence-electron chi connectivity index (χ0n) is 13.5. The van der Waals surface area contributed by atoms with Gasteiger partial charge in [0.25, 0.3) is 0 Å². The van der Waals surface area contributed by atoms with E-state index < -0.39 is 11.3 Å². The Morgan fingerprint density at radius 1 is 1.52 bits per heavy atom. The molecule has 1 fully saturated rings. The minimum atomic E-state index is -0.609. The number of carbonyl (C=O) groups is 1. The number of rotatable bonds is 3. The van der Waals surface area contributed by atoms with Gasteiger partial charge in [0.2, 0.25) is 0 Å². The molecule has 0 bridgehead atoms. The Morgan fingerprint density at radius 2 is 2.24 bits per heavy atom. The first kappa shape index (κ1) is 16.3. The second-order valence-corrected chi connectivity index (χ2v) is 7.71. The van der Waals surface area contributed by atoms with E-state index >= 15 is 0 Å². The van der Waals surface area contributed by atoms with E-state index in [1.807, 2.05) is 34.6 Å². The number of carbonyl (C=O) groups excluding carboxylic acids is 1. The minimum Gasteiger partial charge on any atom is -0.444 e. The van der Waals surface area contributed by atoms with E-state index in [4.69, 9.17) is 9.47 Å². The minimum absolute atomic E-state index is 0.0646. The van der Waals surface area contributed by atoms with Crippen molar-refractivity contribution in [2.45, 2.75) is 64.8 Å². The summed E-state index contributed by atoms with van der Waals surface area (Å²) in [4.78, 5) is 14.2. The molecule has 0 aliphatic carbocycles. The van der Waals surface area contributed by atoms with Crippen molar-refractivity contribution in [3.63, 3.8) is 0 Å². The van der Waals surface area contributed by atoms with Crippen LogP contribution in [-0.4, -0.2) is 35.0 Å². The van der Waals surface area contributed by atoms with Crippen LogP contribution in [0.2, 0.25) is 0 Å². The zero-order valence-corrected chi connectivity index (χ0v) is 14.3. The topological polar surface area (TPSA) is 38.8 Å². The standard InChI is InChI=1S/C16H25NO3S/c1-15(2,3)20-14(18)17-13(10-19-16(17,4)5)7-6-12-8-9-21-11-12/h8-9,11,13H,6-7,10H2,1-5H3/t13-/m1/s1. The monoisotopic (exact) mass is 311 g/mol. The van der Waals surface area contributed by atoms with Crippen LogP contribution in [0.4, 0.5) is 4.79 Å². The Bertz CT molecular complexity index is 476. The van der Waals surface area contributed by atoms with E-state index in [9.17, 15) is 4.79 Å². The molecule has 4 nitrogen and oxygen atoms in total. The predicted molar refractivity (Wildman–Crippen MR) is 84.5 cm³/mol. The summed E-state index contributed by atoms with van der Waals surface area (Å²) < 4.78 is 11.3. The number of hydrogen-bond acceptors (Lipinski definition) is 4. The number of hydrogen-bond donors (Lipinski definition) is 0. The van der Waals surface area contributed by atoms with Gasteiger partial charge in [-0.25, -0.2) is 4.79 Å². The lowest BCUT2D eigenvalue weighted by Crippen LogP contribution is -2.49. The van der Waals surface area contributed by atoms with Crippen LogP contribution in [0.15, 0.2) is 16.8 Å². The Hall–Kier alpha value is -1.07. The number of amides is 1. The number of ether oxygens (including phenoxy) is 2. The average molecular weight is 311 g/mol. The van der Waals surface area contributed by atoms with Crippen molar-refractivity contribution >= 4 is 17.4 Å². The van der Waals surface area contributed by atoms with Gasteiger partial charge >= 0.3 is 6.09 Å². The van der Waals surface area contributed by atoms with E-state index in [0.29, 0.717) is 6.61 Å². The van der Waals surface area contributed by atoms with Gasteiger partial charge in [-0.1, -0.05) is 0 Å². The van der Waals surface area contributed by atoms with Crippen molar-refractivity contribution in [2.24, 2.45) is 0 Å². The highest BCUT2D eigenvalue weighted by Crippen LogP contribution is 2.31. The molecule has 1 aliphatic rings. The lowest BCUT2D eigenvalue weighted by molar-refractivity contribution is -0.0626. The highest BCUT2D eigenvalue weighted by molar-refractivity contribution is 7.07. The Labute approximate surface area is 131 Å². The molecule has 1 amide bonds. The molecule has 1 saturated heterocycles. The van der Waals surface area contributed by atoms with Gasteiger partial charge in [-0.15, -0.1) is 0 Å². The average Bonchev–Trinajstić information content (AvgIpc) is 2.91. The summed E-state index contributed by atoms with van der Waals surface area (Å²) in [6, 6.07) is 2.19. The van der Waals surface area contributed by atoms with E-state index in [2.05, 4.69) is 16.8 Å². The summed E-state index contributed by atoms with van der Waals surface area (Å²) in [5.74, 6) is 0. The molecule has 21 heavy (non-hydrogen) atoms. The van der Waals surface area contributed by atoms with Crippen molar-refractivity contribution in [3.05, 3.63) is 22.4 Å². The van der Waals surface area contributed by atoms with Crippen LogP contribution in [0.3, 0.4) is 0 Å². The van der Waals surface area contributed by atoms with Gasteiger partial charge in [0, 0.05) is 0 Å². The van der Waals surface area contributed by atoms with Gasteiger partial charge < -0.3 is 9.47 Å². The fourth-order valence-electron chi connectivity index (χ4n) is 2.54. The Kier molecular flexibility index (Phi) is 4.63. The molecule has 1 aromatic rings. The normalized spacial score (nSPS) is 21.6. The first-order valence-corrected chi connectivity index (χ1v) is 8.31. The van der Waals surface area contributed by atoms with Crippen LogP contribution in [0.5, 0.6) is 0 Å². The zero-order chi connectivity index (χ0) is 15.7. The molecule has 1 aromatic heterocycles.